The van der Waals surface area contributed by atoms with Gasteiger partial charge in [-0.15, -0.1) is 24.0 Å². The van der Waals surface area contributed by atoms with Crippen LogP contribution in [-0.4, -0.2) is 31.1 Å². The van der Waals surface area contributed by atoms with Gasteiger partial charge in [-0.3, -0.25) is 9.79 Å². The Labute approximate surface area is 201 Å². The van der Waals surface area contributed by atoms with E-state index in [0.717, 1.165) is 36.1 Å². The van der Waals surface area contributed by atoms with E-state index in [0.29, 0.717) is 12.5 Å². The van der Waals surface area contributed by atoms with Crippen molar-refractivity contribution in [2.45, 2.75) is 50.3 Å². The summed E-state index contributed by atoms with van der Waals surface area (Å²) in [5.74, 6) is 1.51. The van der Waals surface area contributed by atoms with Gasteiger partial charge in [0, 0.05) is 25.6 Å². The molecule has 0 aromatic heterocycles. The third kappa shape index (κ3) is 5.90. The molecule has 1 unspecified atom stereocenters. The van der Waals surface area contributed by atoms with E-state index >= 15 is 0 Å². The first-order chi connectivity index (χ1) is 14.7. The molecule has 1 spiro atoms. The van der Waals surface area contributed by atoms with E-state index in [-0.39, 0.29) is 48.1 Å². The molecule has 2 aliphatic rings. The first-order valence-electron chi connectivity index (χ1n) is 10.7. The van der Waals surface area contributed by atoms with Crippen molar-refractivity contribution in [1.29, 1.82) is 0 Å². The third-order valence-electron chi connectivity index (χ3n) is 6.00. The molecule has 1 heterocycles. The van der Waals surface area contributed by atoms with Crippen molar-refractivity contribution in [2.75, 3.05) is 13.6 Å². The number of carbonyl (C=O) groups excluding carboxylic acids is 1. The lowest BCUT2D eigenvalue weighted by Gasteiger charge is -2.40. The van der Waals surface area contributed by atoms with Crippen LogP contribution in [-0.2, 0) is 11.3 Å². The minimum atomic E-state index is -0.0854. The Kier molecular flexibility index (Phi) is 8.17. The summed E-state index contributed by atoms with van der Waals surface area (Å²) >= 11 is 0. The highest BCUT2D eigenvalue weighted by atomic mass is 127. The summed E-state index contributed by atoms with van der Waals surface area (Å²) in [7, 11) is 1.73. The topological polar surface area (TPSA) is 74.8 Å². The molecular formula is C24H31IN4O2. The van der Waals surface area contributed by atoms with E-state index in [9.17, 15) is 4.79 Å². The fourth-order valence-electron chi connectivity index (χ4n) is 4.46. The summed E-state index contributed by atoms with van der Waals surface area (Å²) in [5, 5.41) is 9.60. The molecule has 1 aliphatic carbocycles. The number of hydrogen-bond donors (Lipinski definition) is 3. The number of ether oxygens (including phenoxy) is 1. The summed E-state index contributed by atoms with van der Waals surface area (Å²) in [6.45, 7) is 0.686. The molecule has 2 aromatic rings. The Morgan fingerprint density at radius 2 is 1.77 bits per heavy atom. The van der Waals surface area contributed by atoms with Gasteiger partial charge in [0.15, 0.2) is 5.96 Å². The predicted molar refractivity (Wildman–Crippen MR) is 134 cm³/mol. The number of aliphatic imine (C=N–C) groups is 1. The van der Waals surface area contributed by atoms with Crippen LogP contribution in [0.15, 0.2) is 59.6 Å². The molecule has 166 valence electrons. The number of amides is 1. The van der Waals surface area contributed by atoms with Crippen molar-refractivity contribution in [3.8, 4) is 5.75 Å². The molecule has 4 rings (SSSR count). The van der Waals surface area contributed by atoms with Crippen LogP contribution in [0, 0.1) is 0 Å². The first kappa shape index (κ1) is 23.4. The second kappa shape index (κ2) is 10.8. The average molecular weight is 534 g/mol. The lowest BCUT2D eigenvalue weighted by molar-refractivity contribution is -0.120. The highest BCUT2D eigenvalue weighted by Crippen LogP contribution is 2.46. The molecular weight excluding hydrogens is 503 g/mol. The number of guanidine groups is 1. The normalized spacial score (nSPS) is 19.0. The van der Waals surface area contributed by atoms with Crippen LogP contribution in [0.3, 0.4) is 0 Å². The molecule has 7 heteroatoms. The van der Waals surface area contributed by atoms with E-state index in [1.54, 1.807) is 7.05 Å². The summed E-state index contributed by atoms with van der Waals surface area (Å²) in [6, 6.07) is 18.2. The van der Waals surface area contributed by atoms with Gasteiger partial charge in [0.05, 0.1) is 12.6 Å². The van der Waals surface area contributed by atoms with Crippen LogP contribution in [0.5, 0.6) is 5.75 Å². The number of hydrogen-bond acceptors (Lipinski definition) is 3. The maximum Gasteiger partial charge on any atom is 0.239 e. The molecule has 1 saturated carbocycles. The number of rotatable bonds is 5. The number of carbonyl (C=O) groups is 1. The van der Waals surface area contributed by atoms with Crippen LogP contribution in [0.1, 0.15) is 49.3 Å². The number of nitrogens with zero attached hydrogens (tertiary/aromatic N) is 1. The van der Waals surface area contributed by atoms with Crippen LogP contribution in [0.4, 0.5) is 0 Å². The van der Waals surface area contributed by atoms with E-state index in [1.807, 2.05) is 42.5 Å². The van der Waals surface area contributed by atoms with Crippen molar-refractivity contribution in [3.63, 3.8) is 0 Å². The summed E-state index contributed by atoms with van der Waals surface area (Å²) < 4.78 is 6.43. The molecule has 3 N–H and O–H groups in total. The van der Waals surface area contributed by atoms with E-state index in [1.165, 1.54) is 12.8 Å². The molecule has 0 saturated heterocycles. The molecule has 0 radical (unpaired) electrons. The standard InChI is InChI=1S/C24H30N4O2.HI/c1-25-23(27-17-22(29)26-16-18-9-3-2-4-10-18)28-20-15-24(13-7-8-14-24)30-21-12-6-5-11-19(20)21;/h2-6,9-12,20H,7-8,13-17H2,1H3,(H,26,29)(H2,25,27,28);1H. The molecule has 0 bridgehead atoms. The SMILES string of the molecule is CN=C(NCC(=O)NCc1ccccc1)NC1CC2(CCCC2)Oc2ccccc21.I. The number of benzene rings is 2. The van der Waals surface area contributed by atoms with Crippen molar-refractivity contribution in [2.24, 2.45) is 4.99 Å². The van der Waals surface area contributed by atoms with Crippen molar-refractivity contribution >= 4 is 35.8 Å². The Morgan fingerprint density at radius 3 is 2.52 bits per heavy atom. The van der Waals surface area contributed by atoms with Crippen molar-refractivity contribution in [1.82, 2.24) is 16.0 Å². The van der Waals surface area contributed by atoms with Crippen LogP contribution in [0.25, 0.3) is 0 Å². The van der Waals surface area contributed by atoms with Crippen LogP contribution < -0.4 is 20.7 Å². The summed E-state index contributed by atoms with van der Waals surface area (Å²) in [4.78, 5) is 16.6. The molecule has 2 aromatic carbocycles. The number of halogens is 1. The van der Waals surface area contributed by atoms with Gasteiger partial charge in [-0.1, -0.05) is 48.5 Å². The van der Waals surface area contributed by atoms with Crippen LogP contribution in [0.2, 0.25) is 0 Å². The second-order valence-electron chi connectivity index (χ2n) is 8.12. The maximum atomic E-state index is 12.3. The van der Waals surface area contributed by atoms with Gasteiger partial charge in [0.25, 0.3) is 0 Å². The fourth-order valence-corrected chi connectivity index (χ4v) is 4.46. The second-order valence-corrected chi connectivity index (χ2v) is 8.12. The van der Waals surface area contributed by atoms with Crippen molar-refractivity contribution in [3.05, 3.63) is 65.7 Å². The first-order valence-corrected chi connectivity index (χ1v) is 10.7. The molecule has 1 atom stereocenters. The zero-order chi connectivity index (χ0) is 20.8. The molecule has 1 aliphatic heterocycles. The quantitative estimate of drug-likeness (QED) is 0.309. The minimum absolute atomic E-state index is 0. The third-order valence-corrected chi connectivity index (χ3v) is 6.00. The highest BCUT2D eigenvalue weighted by molar-refractivity contribution is 14.0. The van der Waals surface area contributed by atoms with Gasteiger partial charge < -0.3 is 20.7 Å². The predicted octanol–water partition coefficient (Wildman–Crippen LogP) is 3.92. The Morgan fingerprint density at radius 1 is 1.06 bits per heavy atom. The average Bonchev–Trinajstić information content (AvgIpc) is 3.23. The largest absolute Gasteiger partial charge is 0.487 e. The molecule has 1 fully saturated rings. The molecule has 6 nitrogen and oxygen atoms in total. The van der Waals surface area contributed by atoms with Gasteiger partial charge in [0.1, 0.15) is 11.4 Å². The van der Waals surface area contributed by atoms with Gasteiger partial charge >= 0.3 is 0 Å². The van der Waals surface area contributed by atoms with Gasteiger partial charge in [-0.05, 0) is 37.3 Å². The zero-order valence-corrected chi connectivity index (χ0v) is 20.2. The highest BCUT2D eigenvalue weighted by Gasteiger charge is 2.43. The molecule has 31 heavy (non-hydrogen) atoms. The zero-order valence-electron chi connectivity index (χ0n) is 17.9. The number of nitrogens with one attached hydrogen (secondary N) is 3. The Hall–Kier alpha value is -2.29. The van der Waals surface area contributed by atoms with Gasteiger partial charge in [-0.2, -0.15) is 0 Å². The van der Waals surface area contributed by atoms with E-state index in [2.05, 4.69) is 33.1 Å². The number of fused-ring (bicyclic) bond motifs is 1. The van der Waals surface area contributed by atoms with E-state index in [4.69, 9.17) is 4.74 Å². The van der Waals surface area contributed by atoms with E-state index < -0.39 is 0 Å². The number of para-hydroxylation sites is 1. The van der Waals surface area contributed by atoms with Gasteiger partial charge in [0.2, 0.25) is 5.91 Å². The summed E-state index contributed by atoms with van der Waals surface area (Å²) in [6.07, 6.45) is 5.51. The molecule has 1 amide bonds. The lowest BCUT2D eigenvalue weighted by atomic mass is 9.86. The minimum Gasteiger partial charge on any atom is -0.487 e. The maximum absolute atomic E-state index is 12.3. The summed E-state index contributed by atoms with van der Waals surface area (Å²) in [5.41, 5.74) is 2.14. The Bertz CT molecular complexity index is 897. The van der Waals surface area contributed by atoms with Crippen molar-refractivity contribution < 1.29 is 9.53 Å². The Balaban J connectivity index is 0.00000272. The van der Waals surface area contributed by atoms with Gasteiger partial charge in [-0.25, -0.2) is 0 Å². The van der Waals surface area contributed by atoms with Crippen LogP contribution >= 0.6 is 24.0 Å². The fraction of sp³-hybridized carbons (Fsp3) is 0.417. The lowest BCUT2D eigenvalue weighted by Crippen LogP contribution is -2.48. The monoisotopic (exact) mass is 534 g/mol. The smallest absolute Gasteiger partial charge is 0.239 e.